The van der Waals surface area contributed by atoms with Crippen molar-refractivity contribution in [2.24, 2.45) is 17.8 Å². The Balaban J connectivity index is 4.92. The minimum Gasteiger partial charge on any atom is -0.469 e. The molecule has 0 spiro atoms. The molecule has 0 rings (SSSR count). The Morgan fingerprint density at radius 2 is 1.53 bits per heavy atom. The Labute approximate surface area is 93.8 Å². The van der Waals surface area contributed by atoms with E-state index in [9.17, 15) is 4.79 Å². The fourth-order valence-electron chi connectivity index (χ4n) is 2.27. The summed E-state index contributed by atoms with van der Waals surface area (Å²) < 4.78 is 4.89. The van der Waals surface area contributed by atoms with Gasteiger partial charge in [0.1, 0.15) is 0 Å². The minimum atomic E-state index is -0.0996. The first kappa shape index (κ1) is 14.4. The van der Waals surface area contributed by atoms with Crippen molar-refractivity contribution in [3.63, 3.8) is 0 Å². The van der Waals surface area contributed by atoms with Crippen LogP contribution in [0.5, 0.6) is 0 Å². The van der Waals surface area contributed by atoms with E-state index in [0.29, 0.717) is 11.8 Å². The van der Waals surface area contributed by atoms with Crippen molar-refractivity contribution in [1.82, 2.24) is 4.90 Å². The summed E-state index contributed by atoms with van der Waals surface area (Å²) in [5.74, 6) is 0.584. The lowest BCUT2D eigenvalue weighted by Gasteiger charge is -2.35. The van der Waals surface area contributed by atoms with Gasteiger partial charge in [0, 0.05) is 6.04 Å². The van der Waals surface area contributed by atoms with Crippen LogP contribution in [0.3, 0.4) is 0 Å². The molecule has 0 radical (unpaired) electrons. The van der Waals surface area contributed by atoms with Gasteiger partial charge in [-0.2, -0.15) is 0 Å². The second-order valence-corrected chi connectivity index (χ2v) is 4.99. The van der Waals surface area contributed by atoms with E-state index >= 15 is 0 Å². The lowest BCUT2D eigenvalue weighted by Crippen LogP contribution is -2.45. The van der Waals surface area contributed by atoms with E-state index in [0.717, 1.165) is 0 Å². The topological polar surface area (TPSA) is 29.5 Å². The molecule has 0 bridgehead atoms. The van der Waals surface area contributed by atoms with Crippen molar-refractivity contribution in [2.45, 2.75) is 33.7 Å². The maximum atomic E-state index is 11.8. The quantitative estimate of drug-likeness (QED) is 0.657. The predicted octanol–water partition coefficient (Wildman–Crippen LogP) is 2.02. The fraction of sp³-hybridized carbons (Fsp3) is 0.917. The summed E-state index contributed by atoms with van der Waals surface area (Å²) >= 11 is 0. The molecule has 3 heteroatoms. The zero-order valence-corrected chi connectivity index (χ0v) is 11.1. The van der Waals surface area contributed by atoms with Crippen LogP contribution < -0.4 is 0 Å². The Kier molecular flexibility index (Phi) is 5.88. The molecule has 0 aliphatic rings. The number of ether oxygens (including phenoxy) is 1. The third-order valence-corrected chi connectivity index (χ3v) is 2.84. The molecule has 0 saturated carbocycles. The summed E-state index contributed by atoms with van der Waals surface area (Å²) in [7, 11) is 5.50. The standard InChI is InChI=1S/C12H25NO2/c1-8(2)10(12(14)15-7)11(9(3)4)13(5)6/h8-11H,1-7H3. The number of carbonyl (C=O) groups excluding carboxylic acids is 1. The van der Waals surface area contributed by atoms with E-state index in [-0.39, 0.29) is 17.9 Å². The molecule has 0 aliphatic heterocycles. The van der Waals surface area contributed by atoms with Crippen LogP contribution in [-0.2, 0) is 9.53 Å². The highest BCUT2D eigenvalue weighted by atomic mass is 16.5. The van der Waals surface area contributed by atoms with Crippen LogP contribution >= 0.6 is 0 Å². The molecular formula is C12H25NO2. The van der Waals surface area contributed by atoms with Crippen LogP contribution in [0.4, 0.5) is 0 Å². The molecule has 0 aromatic heterocycles. The number of methoxy groups -OCH3 is 1. The zero-order valence-electron chi connectivity index (χ0n) is 11.1. The van der Waals surface area contributed by atoms with Crippen molar-refractivity contribution in [2.75, 3.05) is 21.2 Å². The highest BCUT2D eigenvalue weighted by molar-refractivity contribution is 5.73. The Bertz CT molecular complexity index is 192. The molecule has 0 heterocycles. The molecule has 0 fully saturated rings. The molecule has 0 amide bonds. The third-order valence-electron chi connectivity index (χ3n) is 2.84. The average Bonchev–Trinajstić information content (AvgIpc) is 2.10. The van der Waals surface area contributed by atoms with Crippen molar-refractivity contribution in [1.29, 1.82) is 0 Å². The second-order valence-electron chi connectivity index (χ2n) is 4.99. The van der Waals surface area contributed by atoms with E-state index in [1.165, 1.54) is 7.11 Å². The summed E-state index contributed by atoms with van der Waals surface area (Å²) in [6.07, 6.45) is 0. The maximum absolute atomic E-state index is 11.8. The van der Waals surface area contributed by atoms with Gasteiger partial charge in [0.25, 0.3) is 0 Å². The minimum absolute atomic E-state index is 0.0509. The molecule has 3 nitrogen and oxygen atoms in total. The van der Waals surface area contributed by atoms with Gasteiger partial charge < -0.3 is 9.64 Å². The van der Waals surface area contributed by atoms with Crippen molar-refractivity contribution >= 4 is 5.97 Å². The first-order valence-corrected chi connectivity index (χ1v) is 5.57. The van der Waals surface area contributed by atoms with Crippen molar-refractivity contribution in [3.05, 3.63) is 0 Å². The smallest absolute Gasteiger partial charge is 0.310 e. The number of hydrogen-bond acceptors (Lipinski definition) is 3. The molecule has 15 heavy (non-hydrogen) atoms. The highest BCUT2D eigenvalue weighted by Crippen LogP contribution is 2.25. The molecule has 0 aromatic carbocycles. The van der Waals surface area contributed by atoms with E-state index in [4.69, 9.17) is 4.74 Å². The monoisotopic (exact) mass is 215 g/mol. The number of rotatable bonds is 5. The molecule has 0 aliphatic carbocycles. The van der Waals surface area contributed by atoms with Crippen LogP contribution in [-0.4, -0.2) is 38.1 Å². The van der Waals surface area contributed by atoms with E-state index < -0.39 is 0 Å². The Morgan fingerprint density at radius 3 is 1.73 bits per heavy atom. The van der Waals surface area contributed by atoms with Crippen LogP contribution in [0.2, 0.25) is 0 Å². The maximum Gasteiger partial charge on any atom is 0.310 e. The van der Waals surface area contributed by atoms with E-state index in [1.54, 1.807) is 0 Å². The first-order valence-electron chi connectivity index (χ1n) is 5.57. The van der Waals surface area contributed by atoms with Crippen LogP contribution in [0.15, 0.2) is 0 Å². The fourth-order valence-corrected chi connectivity index (χ4v) is 2.27. The van der Waals surface area contributed by atoms with Crippen molar-refractivity contribution < 1.29 is 9.53 Å². The summed E-state index contributed by atoms with van der Waals surface area (Å²) in [5, 5.41) is 0. The van der Waals surface area contributed by atoms with Gasteiger partial charge in [-0.3, -0.25) is 4.79 Å². The van der Waals surface area contributed by atoms with Gasteiger partial charge in [-0.1, -0.05) is 27.7 Å². The summed E-state index contributed by atoms with van der Waals surface area (Å²) in [6, 6.07) is 0.234. The third kappa shape index (κ3) is 3.82. The van der Waals surface area contributed by atoms with Gasteiger partial charge in [0.15, 0.2) is 0 Å². The van der Waals surface area contributed by atoms with Gasteiger partial charge in [-0.05, 0) is 25.9 Å². The molecule has 90 valence electrons. The number of nitrogens with zero attached hydrogens (tertiary/aromatic N) is 1. The highest BCUT2D eigenvalue weighted by Gasteiger charge is 2.35. The zero-order chi connectivity index (χ0) is 12.2. The lowest BCUT2D eigenvalue weighted by atomic mass is 9.82. The first-order chi connectivity index (χ1) is 6.82. The Hall–Kier alpha value is -0.570. The SMILES string of the molecule is COC(=O)C(C(C)C)C(C(C)C)N(C)C. The number of hydrogen-bond donors (Lipinski definition) is 0. The molecule has 2 unspecified atom stereocenters. The second kappa shape index (κ2) is 6.11. The molecular weight excluding hydrogens is 190 g/mol. The van der Waals surface area contributed by atoms with Gasteiger partial charge in [-0.15, -0.1) is 0 Å². The molecule has 0 saturated heterocycles. The summed E-state index contributed by atoms with van der Waals surface area (Å²) in [6.45, 7) is 8.42. The molecule has 2 atom stereocenters. The van der Waals surface area contributed by atoms with Crippen LogP contribution in [0, 0.1) is 17.8 Å². The van der Waals surface area contributed by atoms with Gasteiger partial charge in [0.05, 0.1) is 13.0 Å². The number of carbonyl (C=O) groups is 1. The summed E-state index contributed by atoms with van der Waals surface area (Å²) in [4.78, 5) is 13.9. The van der Waals surface area contributed by atoms with Gasteiger partial charge in [0.2, 0.25) is 0 Å². The number of esters is 1. The lowest BCUT2D eigenvalue weighted by molar-refractivity contribution is -0.150. The van der Waals surface area contributed by atoms with Crippen LogP contribution in [0.25, 0.3) is 0 Å². The predicted molar refractivity (Wildman–Crippen MR) is 62.7 cm³/mol. The van der Waals surface area contributed by atoms with Crippen molar-refractivity contribution in [3.8, 4) is 0 Å². The summed E-state index contributed by atoms with van der Waals surface area (Å²) in [5.41, 5.74) is 0. The van der Waals surface area contributed by atoms with Gasteiger partial charge >= 0.3 is 5.97 Å². The van der Waals surface area contributed by atoms with Crippen LogP contribution in [0.1, 0.15) is 27.7 Å². The van der Waals surface area contributed by atoms with E-state index in [1.807, 2.05) is 14.1 Å². The normalized spacial score (nSPS) is 15.9. The van der Waals surface area contributed by atoms with Gasteiger partial charge in [-0.25, -0.2) is 0 Å². The largest absolute Gasteiger partial charge is 0.469 e. The Morgan fingerprint density at radius 1 is 1.07 bits per heavy atom. The molecule has 0 N–H and O–H groups in total. The molecule has 0 aromatic rings. The average molecular weight is 215 g/mol. The van der Waals surface area contributed by atoms with E-state index in [2.05, 4.69) is 32.6 Å².